The summed E-state index contributed by atoms with van der Waals surface area (Å²) in [6.07, 6.45) is -3.26. The van der Waals surface area contributed by atoms with Crippen LogP contribution in [0.4, 0.5) is 17.6 Å². The molecule has 1 aliphatic rings. The van der Waals surface area contributed by atoms with Crippen molar-refractivity contribution in [3.63, 3.8) is 0 Å². The molecule has 1 heterocycles. The molecule has 1 aromatic carbocycles. The maximum atomic E-state index is 14.2. The molecule has 0 N–H and O–H groups in total. The van der Waals surface area contributed by atoms with E-state index in [1.54, 1.807) is 6.07 Å². The van der Waals surface area contributed by atoms with E-state index in [0.717, 1.165) is 12.8 Å². The molecule has 0 bridgehead atoms. The van der Waals surface area contributed by atoms with Crippen LogP contribution in [0, 0.1) is 17.1 Å². The zero-order valence-electron chi connectivity index (χ0n) is 12.2. The molecule has 0 radical (unpaired) electrons. The van der Waals surface area contributed by atoms with E-state index in [2.05, 4.69) is 4.98 Å². The number of nitriles is 1. The highest BCUT2D eigenvalue weighted by Crippen LogP contribution is 2.43. The summed E-state index contributed by atoms with van der Waals surface area (Å²) in [5.74, 6) is -0.553. The van der Waals surface area contributed by atoms with Gasteiger partial charge in [-0.05, 0) is 30.5 Å². The Hall–Kier alpha value is -2.16. The number of hydrogen-bond donors (Lipinski definition) is 0. The lowest BCUT2D eigenvalue weighted by molar-refractivity contribution is 0.137. The van der Waals surface area contributed by atoms with Gasteiger partial charge in [0.05, 0.1) is 16.8 Å². The summed E-state index contributed by atoms with van der Waals surface area (Å²) in [7, 11) is 0. The van der Waals surface area contributed by atoms with Crippen molar-refractivity contribution in [2.45, 2.75) is 37.5 Å². The van der Waals surface area contributed by atoms with Crippen LogP contribution in [0.25, 0.3) is 10.9 Å². The maximum Gasteiger partial charge on any atom is 0.160 e. The number of alkyl halides is 3. The summed E-state index contributed by atoms with van der Waals surface area (Å²) in [4.78, 5) is 4.35. The number of rotatable bonds is 5. The Kier molecular flexibility index (Phi) is 4.20. The smallest absolute Gasteiger partial charge is 0.160 e. The van der Waals surface area contributed by atoms with Gasteiger partial charge in [0.2, 0.25) is 0 Å². The van der Waals surface area contributed by atoms with Crippen molar-refractivity contribution < 1.29 is 17.6 Å². The summed E-state index contributed by atoms with van der Waals surface area (Å²) in [6.45, 7) is -1.45. The minimum absolute atomic E-state index is 0.0159. The first kappa shape index (κ1) is 15.7. The van der Waals surface area contributed by atoms with E-state index in [1.165, 1.54) is 12.1 Å². The quantitative estimate of drug-likeness (QED) is 0.769. The molecule has 2 unspecified atom stereocenters. The number of aromatic nitrogens is 1. The van der Waals surface area contributed by atoms with E-state index in [9.17, 15) is 22.8 Å². The van der Waals surface area contributed by atoms with Crippen LogP contribution < -0.4 is 0 Å². The lowest BCUT2D eigenvalue weighted by Gasteiger charge is -2.16. The largest absolute Gasteiger partial charge is 0.251 e. The van der Waals surface area contributed by atoms with Crippen molar-refractivity contribution in [1.82, 2.24) is 4.98 Å². The summed E-state index contributed by atoms with van der Waals surface area (Å²) in [5.41, 5.74) is 0.993. The second-order valence-corrected chi connectivity index (χ2v) is 5.76. The van der Waals surface area contributed by atoms with E-state index in [-0.39, 0.29) is 22.4 Å². The van der Waals surface area contributed by atoms with Gasteiger partial charge < -0.3 is 0 Å². The topological polar surface area (TPSA) is 36.7 Å². The molecule has 1 fully saturated rings. The van der Waals surface area contributed by atoms with Crippen LogP contribution in [0.5, 0.6) is 0 Å². The van der Waals surface area contributed by atoms with E-state index in [4.69, 9.17) is 0 Å². The Morgan fingerprint density at radius 1 is 1.26 bits per heavy atom. The molecule has 1 aromatic heterocycles. The standard InChI is InChI=1S/C17H14F4N2/c18-7-14(21)13(20)6-10-11(8-22)17(9-4-5-9)23-15-3-1-2-12(19)16(10)15/h1-3,9,13-14H,4-7H2. The monoisotopic (exact) mass is 322 g/mol. The molecular formula is C17H14F4N2. The van der Waals surface area contributed by atoms with Gasteiger partial charge in [-0.25, -0.2) is 17.6 Å². The van der Waals surface area contributed by atoms with E-state index in [0.29, 0.717) is 11.2 Å². The van der Waals surface area contributed by atoms with Crippen LogP contribution in [0.1, 0.15) is 35.6 Å². The summed E-state index contributed by atoms with van der Waals surface area (Å²) in [6, 6.07) is 6.19. The molecule has 3 rings (SSSR count). The van der Waals surface area contributed by atoms with Gasteiger partial charge in [-0.1, -0.05) is 6.07 Å². The predicted octanol–water partition coefficient (Wildman–Crippen LogP) is 4.31. The number of fused-ring (bicyclic) bond motifs is 1. The van der Waals surface area contributed by atoms with Gasteiger partial charge in [0.25, 0.3) is 0 Å². The molecule has 1 saturated carbocycles. The van der Waals surface area contributed by atoms with Crippen molar-refractivity contribution in [3.05, 3.63) is 40.8 Å². The predicted molar refractivity (Wildman–Crippen MR) is 77.9 cm³/mol. The van der Waals surface area contributed by atoms with Gasteiger partial charge in [-0.3, -0.25) is 4.98 Å². The van der Waals surface area contributed by atoms with Gasteiger partial charge in [-0.15, -0.1) is 0 Å². The molecule has 120 valence electrons. The molecular weight excluding hydrogens is 308 g/mol. The maximum absolute atomic E-state index is 14.2. The van der Waals surface area contributed by atoms with Crippen LogP contribution >= 0.6 is 0 Å². The third-order valence-corrected chi connectivity index (χ3v) is 4.11. The zero-order chi connectivity index (χ0) is 16.6. The van der Waals surface area contributed by atoms with Crippen LogP contribution in [0.15, 0.2) is 18.2 Å². The fourth-order valence-corrected chi connectivity index (χ4v) is 2.77. The zero-order valence-corrected chi connectivity index (χ0v) is 12.2. The summed E-state index contributed by atoms with van der Waals surface area (Å²) >= 11 is 0. The highest BCUT2D eigenvalue weighted by Gasteiger charge is 2.32. The Bertz CT molecular complexity index is 780. The fourth-order valence-electron chi connectivity index (χ4n) is 2.77. The van der Waals surface area contributed by atoms with Gasteiger partial charge in [0.15, 0.2) is 6.17 Å². The number of pyridine rings is 1. The lowest BCUT2D eigenvalue weighted by atomic mass is 9.94. The van der Waals surface area contributed by atoms with Crippen LogP contribution in [0.2, 0.25) is 0 Å². The molecule has 0 saturated heterocycles. The Labute approximate surface area is 130 Å². The molecule has 2 aromatic rings. The Balaban J connectivity index is 2.21. The van der Waals surface area contributed by atoms with Gasteiger partial charge >= 0.3 is 0 Å². The second kappa shape index (κ2) is 6.15. The van der Waals surface area contributed by atoms with E-state index in [1.807, 2.05) is 6.07 Å². The van der Waals surface area contributed by atoms with Gasteiger partial charge in [-0.2, -0.15) is 5.26 Å². The van der Waals surface area contributed by atoms with E-state index < -0.39 is 31.3 Å². The number of benzene rings is 1. The number of nitrogens with zero attached hydrogens (tertiary/aromatic N) is 2. The molecule has 23 heavy (non-hydrogen) atoms. The van der Waals surface area contributed by atoms with Crippen molar-refractivity contribution in [2.75, 3.05) is 6.67 Å². The van der Waals surface area contributed by atoms with Crippen LogP contribution in [0.3, 0.4) is 0 Å². The second-order valence-electron chi connectivity index (χ2n) is 5.76. The molecule has 1 aliphatic carbocycles. The molecule has 0 aliphatic heterocycles. The highest BCUT2D eigenvalue weighted by atomic mass is 19.2. The third kappa shape index (κ3) is 2.88. The minimum Gasteiger partial charge on any atom is -0.251 e. The average molecular weight is 322 g/mol. The Morgan fingerprint density at radius 3 is 2.61 bits per heavy atom. The molecule has 6 heteroatoms. The van der Waals surface area contributed by atoms with Gasteiger partial charge in [0.1, 0.15) is 24.7 Å². The average Bonchev–Trinajstić information content (AvgIpc) is 3.38. The molecule has 0 amide bonds. The molecule has 0 spiro atoms. The highest BCUT2D eigenvalue weighted by molar-refractivity contribution is 5.85. The molecule has 2 atom stereocenters. The minimum atomic E-state index is -2.29. The first-order valence-electron chi connectivity index (χ1n) is 7.42. The Morgan fingerprint density at radius 2 is 2.00 bits per heavy atom. The van der Waals surface area contributed by atoms with Crippen LogP contribution in [-0.2, 0) is 6.42 Å². The normalized spacial score (nSPS) is 17.0. The molecule has 2 nitrogen and oxygen atoms in total. The van der Waals surface area contributed by atoms with Crippen molar-refractivity contribution in [3.8, 4) is 6.07 Å². The summed E-state index contributed by atoms with van der Waals surface area (Å²) in [5, 5.41) is 9.45. The third-order valence-electron chi connectivity index (χ3n) is 4.11. The fraction of sp³-hybridized carbons (Fsp3) is 0.412. The SMILES string of the molecule is N#Cc1c(C2CC2)nc2cccc(F)c2c1CC(F)C(F)CF. The van der Waals surface area contributed by atoms with Crippen molar-refractivity contribution in [1.29, 1.82) is 5.26 Å². The first-order valence-corrected chi connectivity index (χ1v) is 7.42. The van der Waals surface area contributed by atoms with Crippen molar-refractivity contribution in [2.24, 2.45) is 0 Å². The summed E-state index contributed by atoms with van der Waals surface area (Å²) < 4.78 is 53.8. The van der Waals surface area contributed by atoms with Crippen LogP contribution in [-0.4, -0.2) is 24.0 Å². The first-order chi connectivity index (χ1) is 11.1. The lowest BCUT2D eigenvalue weighted by Crippen LogP contribution is -2.23. The number of hydrogen-bond acceptors (Lipinski definition) is 2. The number of halogens is 4. The van der Waals surface area contributed by atoms with E-state index >= 15 is 0 Å². The van der Waals surface area contributed by atoms with Crippen molar-refractivity contribution >= 4 is 10.9 Å². The van der Waals surface area contributed by atoms with Gasteiger partial charge in [0, 0.05) is 17.7 Å².